The van der Waals surface area contributed by atoms with Gasteiger partial charge in [-0.2, -0.15) is 0 Å². The normalized spacial score (nSPS) is 10.4. The number of rotatable bonds is 3. The van der Waals surface area contributed by atoms with Crippen LogP contribution in [0.4, 0.5) is 4.39 Å². The average molecular weight is 222 g/mol. The molecule has 1 aromatic heterocycles. The highest BCUT2D eigenvalue weighted by Gasteiger charge is 2.06. The maximum Gasteiger partial charge on any atom is 0.145 e. The molecule has 0 aliphatic heterocycles. The molecule has 84 valence electrons. The SMILES string of the molecule is Cc1ccc(OCc2nonc2C)cc1F. The smallest absolute Gasteiger partial charge is 0.145 e. The molecule has 0 N–H and O–H groups in total. The van der Waals surface area contributed by atoms with Crippen molar-refractivity contribution in [3.63, 3.8) is 0 Å². The first-order valence-corrected chi connectivity index (χ1v) is 4.84. The molecule has 0 aliphatic rings. The Morgan fingerprint density at radius 3 is 2.75 bits per heavy atom. The van der Waals surface area contributed by atoms with Crippen LogP contribution >= 0.6 is 0 Å². The molecule has 0 fully saturated rings. The molecule has 0 atom stereocenters. The predicted molar refractivity (Wildman–Crippen MR) is 54.5 cm³/mol. The minimum absolute atomic E-state index is 0.220. The van der Waals surface area contributed by atoms with E-state index in [1.54, 1.807) is 26.0 Å². The van der Waals surface area contributed by atoms with Crippen LogP contribution < -0.4 is 4.74 Å². The standard InChI is InChI=1S/C11H11FN2O2/c1-7-3-4-9(5-10(7)12)15-6-11-8(2)13-16-14-11/h3-5H,6H2,1-2H3. The van der Waals surface area contributed by atoms with Crippen molar-refractivity contribution >= 4 is 0 Å². The second kappa shape index (κ2) is 4.30. The topological polar surface area (TPSA) is 48.2 Å². The summed E-state index contributed by atoms with van der Waals surface area (Å²) >= 11 is 0. The fourth-order valence-electron chi connectivity index (χ4n) is 1.20. The summed E-state index contributed by atoms with van der Waals surface area (Å²) < 4.78 is 23.1. The van der Waals surface area contributed by atoms with Crippen LogP contribution in [0.2, 0.25) is 0 Å². The summed E-state index contributed by atoms with van der Waals surface area (Å²) in [5.74, 6) is 0.179. The third kappa shape index (κ3) is 2.18. The first-order chi connectivity index (χ1) is 7.66. The molecule has 1 aromatic carbocycles. The number of hydrogen-bond acceptors (Lipinski definition) is 4. The van der Waals surface area contributed by atoms with Crippen molar-refractivity contribution < 1.29 is 13.8 Å². The van der Waals surface area contributed by atoms with E-state index in [1.807, 2.05) is 0 Å². The summed E-state index contributed by atoms with van der Waals surface area (Å²) in [6, 6.07) is 4.72. The van der Waals surface area contributed by atoms with Gasteiger partial charge in [-0.05, 0) is 25.5 Å². The average Bonchev–Trinajstić information content (AvgIpc) is 2.66. The van der Waals surface area contributed by atoms with Crippen molar-refractivity contribution in [2.45, 2.75) is 20.5 Å². The number of nitrogens with zero attached hydrogens (tertiary/aromatic N) is 2. The molecular weight excluding hydrogens is 211 g/mol. The van der Waals surface area contributed by atoms with Crippen molar-refractivity contribution in [1.29, 1.82) is 0 Å². The monoisotopic (exact) mass is 222 g/mol. The molecule has 0 spiro atoms. The van der Waals surface area contributed by atoms with Crippen molar-refractivity contribution in [3.8, 4) is 5.75 Å². The van der Waals surface area contributed by atoms with Gasteiger partial charge in [0.05, 0.1) is 0 Å². The minimum Gasteiger partial charge on any atom is -0.487 e. The molecule has 4 nitrogen and oxygen atoms in total. The lowest BCUT2D eigenvalue weighted by atomic mass is 10.2. The van der Waals surface area contributed by atoms with E-state index in [1.165, 1.54) is 6.07 Å². The van der Waals surface area contributed by atoms with Crippen molar-refractivity contribution in [1.82, 2.24) is 10.3 Å². The summed E-state index contributed by atoms with van der Waals surface area (Å²) in [7, 11) is 0. The van der Waals surface area contributed by atoms with Gasteiger partial charge in [-0.1, -0.05) is 16.4 Å². The lowest BCUT2D eigenvalue weighted by Gasteiger charge is -2.04. The first-order valence-electron chi connectivity index (χ1n) is 4.84. The number of aryl methyl sites for hydroxylation is 2. The zero-order chi connectivity index (χ0) is 11.5. The Morgan fingerprint density at radius 1 is 1.31 bits per heavy atom. The van der Waals surface area contributed by atoms with Gasteiger partial charge in [0.25, 0.3) is 0 Å². The van der Waals surface area contributed by atoms with E-state index in [2.05, 4.69) is 14.9 Å². The molecule has 2 aromatic rings. The van der Waals surface area contributed by atoms with Gasteiger partial charge in [-0.15, -0.1) is 0 Å². The molecule has 0 bridgehead atoms. The Balaban J connectivity index is 2.05. The van der Waals surface area contributed by atoms with Crippen molar-refractivity contribution in [3.05, 3.63) is 41.0 Å². The molecule has 1 heterocycles. The van der Waals surface area contributed by atoms with Crippen LogP contribution in [0, 0.1) is 19.7 Å². The lowest BCUT2D eigenvalue weighted by Crippen LogP contribution is -1.98. The fourth-order valence-corrected chi connectivity index (χ4v) is 1.20. The molecule has 0 aliphatic carbocycles. The van der Waals surface area contributed by atoms with E-state index in [0.29, 0.717) is 22.7 Å². The Bertz CT molecular complexity index is 496. The Kier molecular flexibility index (Phi) is 2.85. The molecular formula is C11H11FN2O2. The van der Waals surface area contributed by atoms with Gasteiger partial charge in [0.1, 0.15) is 29.6 Å². The number of aromatic nitrogens is 2. The van der Waals surface area contributed by atoms with Gasteiger partial charge >= 0.3 is 0 Å². The molecule has 0 amide bonds. The zero-order valence-corrected chi connectivity index (χ0v) is 9.03. The maximum atomic E-state index is 13.2. The number of halogens is 1. The van der Waals surface area contributed by atoms with Crippen LogP contribution in [-0.2, 0) is 6.61 Å². The van der Waals surface area contributed by atoms with E-state index in [-0.39, 0.29) is 12.4 Å². The third-order valence-corrected chi connectivity index (χ3v) is 2.27. The van der Waals surface area contributed by atoms with Crippen LogP contribution in [0.1, 0.15) is 17.0 Å². The molecule has 0 unspecified atom stereocenters. The molecule has 0 radical (unpaired) electrons. The van der Waals surface area contributed by atoms with Gasteiger partial charge in [-0.25, -0.2) is 9.02 Å². The summed E-state index contributed by atoms with van der Waals surface area (Å²) in [6.07, 6.45) is 0. The van der Waals surface area contributed by atoms with Crippen LogP contribution in [0.5, 0.6) is 5.75 Å². The fraction of sp³-hybridized carbons (Fsp3) is 0.273. The van der Waals surface area contributed by atoms with Crippen LogP contribution in [0.25, 0.3) is 0 Å². The predicted octanol–water partition coefficient (Wildman–Crippen LogP) is 2.40. The third-order valence-electron chi connectivity index (χ3n) is 2.27. The highest BCUT2D eigenvalue weighted by Crippen LogP contribution is 2.17. The van der Waals surface area contributed by atoms with E-state index in [4.69, 9.17) is 4.74 Å². The Hall–Kier alpha value is -1.91. The van der Waals surface area contributed by atoms with Gasteiger partial charge in [0, 0.05) is 6.07 Å². The molecule has 0 saturated carbocycles. The number of benzene rings is 1. The first kappa shape index (κ1) is 10.6. The molecule has 0 saturated heterocycles. The summed E-state index contributed by atoms with van der Waals surface area (Å²) in [4.78, 5) is 0. The molecule has 5 heteroatoms. The minimum atomic E-state index is -0.285. The second-order valence-corrected chi connectivity index (χ2v) is 3.50. The maximum absolute atomic E-state index is 13.2. The van der Waals surface area contributed by atoms with E-state index in [9.17, 15) is 4.39 Å². The van der Waals surface area contributed by atoms with Gasteiger partial charge in [-0.3, -0.25) is 0 Å². The highest BCUT2D eigenvalue weighted by molar-refractivity contribution is 5.28. The van der Waals surface area contributed by atoms with Crippen LogP contribution in [0.15, 0.2) is 22.8 Å². The second-order valence-electron chi connectivity index (χ2n) is 3.50. The molecule has 2 rings (SSSR count). The Labute approximate surface area is 92.0 Å². The lowest BCUT2D eigenvalue weighted by molar-refractivity contribution is 0.269. The van der Waals surface area contributed by atoms with E-state index in [0.717, 1.165) is 0 Å². The van der Waals surface area contributed by atoms with Gasteiger partial charge < -0.3 is 4.74 Å². The summed E-state index contributed by atoms with van der Waals surface area (Å²) in [5, 5.41) is 7.29. The summed E-state index contributed by atoms with van der Waals surface area (Å²) in [6.45, 7) is 3.69. The van der Waals surface area contributed by atoms with Crippen molar-refractivity contribution in [2.24, 2.45) is 0 Å². The van der Waals surface area contributed by atoms with Crippen molar-refractivity contribution in [2.75, 3.05) is 0 Å². The van der Waals surface area contributed by atoms with E-state index >= 15 is 0 Å². The summed E-state index contributed by atoms with van der Waals surface area (Å²) in [5.41, 5.74) is 1.88. The highest BCUT2D eigenvalue weighted by atomic mass is 19.1. The molecule has 16 heavy (non-hydrogen) atoms. The zero-order valence-electron chi connectivity index (χ0n) is 9.03. The van der Waals surface area contributed by atoms with E-state index < -0.39 is 0 Å². The quantitative estimate of drug-likeness (QED) is 0.800. The van der Waals surface area contributed by atoms with Gasteiger partial charge in [0.15, 0.2) is 0 Å². The van der Waals surface area contributed by atoms with Crippen LogP contribution in [-0.4, -0.2) is 10.3 Å². The van der Waals surface area contributed by atoms with Crippen LogP contribution in [0.3, 0.4) is 0 Å². The Morgan fingerprint density at radius 2 is 2.12 bits per heavy atom. The largest absolute Gasteiger partial charge is 0.487 e. The number of hydrogen-bond donors (Lipinski definition) is 0. The van der Waals surface area contributed by atoms with Gasteiger partial charge in [0.2, 0.25) is 0 Å². The number of ether oxygens (including phenoxy) is 1.